The van der Waals surface area contributed by atoms with Gasteiger partial charge in [0.05, 0.1) is 11.7 Å². The Labute approximate surface area is 168 Å². The van der Waals surface area contributed by atoms with E-state index < -0.39 is 0 Å². The van der Waals surface area contributed by atoms with E-state index in [1.165, 1.54) is 48.7 Å². The number of nitrogens with zero attached hydrogens (tertiary/aromatic N) is 3. The molecule has 4 saturated carbocycles. The van der Waals surface area contributed by atoms with E-state index in [0.29, 0.717) is 17.2 Å². The van der Waals surface area contributed by atoms with Crippen molar-refractivity contribution in [3.8, 4) is 0 Å². The van der Waals surface area contributed by atoms with Crippen molar-refractivity contribution in [1.29, 1.82) is 0 Å². The molecule has 7 heteroatoms. The van der Waals surface area contributed by atoms with Crippen LogP contribution in [0.1, 0.15) is 50.3 Å². The molecule has 1 N–H and O–H groups in total. The van der Waals surface area contributed by atoms with E-state index in [0.717, 1.165) is 34.4 Å². The first-order chi connectivity index (χ1) is 13.6. The summed E-state index contributed by atoms with van der Waals surface area (Å²) in [7, 11) is 0. The Hall–Kier alpha value is -2.02. The Morgan fingerprint density at radius 3 is 2.64 bits per heavy atom. The van der Waals surface area contributed by atoms with Gasteiger partial charge >= 0.3 is 0 Å². The first kappa shape index (κ1) is 18.0. The van der Waals surface area contributed by atoms with E-state index in [1.807, 2.05) is 6.07 Å². The quantitative estimate of drug-likeness (QED) is 0.785. The number of carbonyl (C=O) groups is 1. The number of hydrazone groups is 1. The van der Waals surface area contributed by atoms with Gasteiger partial charge in [-0.25, -0.2) is 10.4 Å². The van der Waals surface area contributed by atoms with Gasteiger partial charge in [-0.1, -0.05) is 13.3 Å². The van der Waals surface area contributed by atoms with Crippen LogP contribution < -0.4 is 11.0 Å². The highest BCUT2D eigenvalue weighted by atomic mass is 32.1. The number of carbonyl (C=O) groups excluding carboxylic acids is 1. The molecule has 0 saturated heterocycles. The summed E-state index contributed by atoms with van der Waals surface area (Å²) in [6.07, 6.45) is 9.80. The van der Waals surface area contributed by atoms with Gasteiger partial charge in [0.25, 0.3) is 11.5 Å². The fourth-order valence-corrected chi connectivity index (χ4v) is 6.75. The van der Waals surface area contributed by atoms with Gasteiger partial charge in [-0.05, 0) is 68.3 Å². The van der Waals surface area contributed by atoms with Crippen LogP contribution in [0.5, 0.6) is 0 Å². The third kappa shape index (κ3) is 3.19. The molecular weight excluding hydrogens is 372 g/mol. The Kier molecular flexibility index (Phi) is 4.57. The van der Waals surface area contributed by atoms with Crippen LogP contribution in [0, 0.1) is 23.7 Å². The van der Waals surface area contributed by atoms with Crippen molar-refractivity contribution in [3.63, 3.8) is 0 Å². The molecular formula is C21H26N4O2S. The van der Waals surface area contributed by atoms with E-state index in [9.17, 15) is 9.59 Å². The highest BCUT2D eigenvalue weighted by Crippen LogP contribution is 2.52. The van der Waals surface area contributed by atoms with Crippen LogP contribution in [0.2, 0.25) is 0 Å². The maximum Gasteiger partial charge on any atom is 0.262 e. The number of hydrogen-bond donors (Lipinski definition) is 1. The van der Waals surface area contributed by atoms with E-state index in [2.05, 4.69) is 22.4 Å². The van der Waals surface area contributed by atoms with Gasteiger partial charge in [-0.15, -0.1) is 11.3 Å². The molecule has 28 heavy (non-hydrogen) atoms. The number of aryl methyl sites for hydroxylation is 1. The largest absolute Gasteiger partial charge is 0.289 e. The molecule has 2 aromatic rings. The lowest BCUT2D eigenvalue weighted by Gasteiger charge is -2.50. The molecule has 0 unspecified atom stereocenters. The lowest BCUT2D eigenvalue weighted by molar-refractivity contribution is -0.121. The molecule has 1 amide bonds. The number of rotatable bonds is 5. The summed E-state index contributed by atoms with van der Waals surface area (Å²) < 4.78 is 1.39. The second kappa shape index (κ2) is 7.10. The minimum atomic E-state index is -0.256. The third-order valence-electron chi connectivity index (χ3n) is 6.66. The molecule has 148 valence electrons. The average molecular weight is 399 g/mol. The van der Waals surface area contributed by atoms with Crippen LogP contribution in [-0.4, -0.2) is 21.2 Å². The van der Waals surface area contributed by atoms with Crippen molar-refractivity contribution >= 4 is 33.2 Å². The van der Waals surface area contributed by atoms with E-state index in [-0.39, 0.29) is 18.0 Å². The maximum atomic E-state index is 12.7. The molecule has 0 aliphatic heterocycles. The lowest BCUT2D eigenvalue weighted by Crippen LogP contribution is -2.46. The zero-order valence-corrected chi connectivity index (χ0v) is 17.0. The topological polar surface area (TPSA) is 76.3 Å². The molecule has 0 atom stereocenters. The van der Waals surface area contributed by atoms with Crippen molar-refractivity contribution in [1.82, 2.24) is 15.0 Å². The molecule has 0 aromatic carbocycles. The van der Waals surface area contributed by atoms with E-state index in [1.54, 1.807) is 11.3 Å². The van der Waals surface area contributed by atoms with Crippen LogP contribution in [0.25, 0.3) is 10.2 Å². The number of amides is 1. The molecule has 6 rings (SSSR count). The van der Waals surface area contributed by atoms with Crippen molar-refractivity contribution in [3.05, 3.63) is 27.6 Å². The monoisotopic (exact) mass is 398 g/mol. The van der Waals surface area contributed by atoms with Crippen LogP contribution in [-0.2, 0) is 17.8 Å². The number of fused-ring (bicyclic) bond motifs is 1. The molecule has 4 aliphatic rings. The second-order valence-corrected chi connectivity index (χ2v) is 9.85. The summed E-state index contributed by atoms with van der Waals surface area (Å²) in [4.78, 5) is 31.4. The summed E-state index contributed by atoms with van der Waals surface area (Å²) in [5.41, 5.74) is 3.77. The Morgan fingerprint density at radius 2 is 1.96 bits per heavy atom. The van der Waals surface area contributed by atoms with Gasteiger partial charge in [0.1, 0.15) is 11.4 Å². The Morgan fingerprint density at radius 1 is 1.25 bits per heavy atom. The van der Waals surface area contributed by atoms with Gasteiger partial charge in [0.15, 0.2) is 0 Å². The zero-order valence-electron chi connectivity index (χ0n) is 16.2. The fraction of sp³-hybridized carbons (Fsp3) is 0.619. The van der Waals surface area contributed by atoms with Crippen molar-refractivity contribution in [2.75, 3.05) is 0 Å². The number of thiophene rings is 1. The number of aromatic nitrogens is 2. The van der Waals surface area contributed by atoms with Crippen LogP contribution in [0.4, 0.5) is 0 Å². The van der Waals surface area contributed by atoms with Crippen LogP contribution >= 0.6 is 11.3 Å². The summed E-state index contributed by atoms with van der Waals surface area (Å²) >= 11 is 1.56. The summed E-state index contributed by atoms with van der Waals surface area (Å²) in [6.45, 7) is 2.07. The highest BCUT2D eigenvalue weighted by Gasteiger charge is 2.46. The van der Waals surface area contributed by atoms with Gasteiger partial charge in [0, 0.05) is 10.6 Å². The lowest BCUT2D eigenvalue weighted by atomic mass is 9.55. The Balaban J connectivity index is 1.29. The smallest absolute Gasteiger partial charge is 0.262 e. The van der Waals surface area contributed by atoms with Crippen molar-refractivity contribution < 1.29 is 4.79 Å². The predicted octanol–water partition coefficient (Wildman–Crippen LogP) is 3.34. The second-order valence-electron chi connectivity index (χ2n) is 8.74. The first-order valence-corrected chi connectivity index (χ1v) is 11.3. The van der Waals surface area contributed by atoms with Crippen LogP contribution in [0.3, 0.4) is 0 Å². The fourth-order valence-electron chi connectivity index (χ4n) is 5.66. The number of nitrogens with one attached hydrogen (secondary N) is 1. The standard InChI is InChI=1S/C21H26N4O2S/c1-2-3-16-9-17-20(28-16)22-11-25(21(17)27)10-18(26)23-24-19-14-5-12-4-13(7-14)8-15(19)6-12/h9,11-15H,2-8,10H2,1H3,(H,23,26). The summed E-state index contributed by atoms with van der Waals surface area (Å²) in [5, 5.41) is 5.13. The van der Waals surface area contributed by atoms with Gasteiger partial charge in [-0.2, -0.15) is 5.10 Å². The SMILES string of the molecule is CCCc1cc2c(=O)n(CC(=O)NN=C3C4CC5CC(C4)CC3C5)cnc2s1. The number of hydrogen-bond acceptors (Lipinski definition) is 5. The molecule has 4 fully saturated rings. The summed E-state index contributed by atoms with van der Waals surface area (Å²) in [5.74, 6) is 2.60. The molecule has 0 radical (unpaired) electrons. The first-order valence-electron chi connectivity index (χ1n) is 10.4. The zero-order chi connectivity index (χ0) is 19.3. The van der Waals surface area contributed by atoms with Gasteiger partial charge < -0.3 is 0 Å². The third-order valence-corrected chi connectivity index (χ3v) is 7.77. The molecule has 2 heterocycles. The highest BCUT2D eigenvalue weighted by molar-refractivity contribution is 7.18. The summed E-state index contributed by atoms with van der Waals surface area (Å²) in [6, 6.07) is 1.92. The molecule has 0 spiro atoms. The molecule has 2 aromatic heterocycles. The predicted molar refractivity (Wildman–Crippen MR) is 110 cm³/mol. The molecule has 4 aliphatic carbocycles. The minimum absolute atomic E-state index is 0.0436. The molecule has 4 bridgehead atoms. The van der Waals surface area contributed by atoms with Crippen molar-refractivity contribution in [2.45, 2.75) is 58.4 Å². The average Bonchev–Trinajstić information content (AvgIpc) is 3.07. The van der Waals surface area contributed by atoms with Gasteiger partial charge in [0.2, 0.25) is 0 Å². The van der Waals surface area contributed by atoms with Crippen LogP contribution in [0.15, 0.2) is 22.3 Å². The van der Waals surface area contributed by atoms with Crippen molar-refractivity contribution in [2.24, 2.45) is 28.8 Å². The maximum absolute atomic E-state index is 12.7. The molecule has 6 nitrogen and oxygen atoms in total. The van der Waals surface area contributed by atoms with Gasteiger partial charge in [-0.3, -0.25) is 14.2 Å². The van der Waals surface area contributed by atoms with E-state index in [4.69, 9.17) is 0 Å². The minimum Gasteiger partial charge on any atom is -0.289 e. The van der Waals surface area contributed by atoms with E-state index >= 15 is 0 Å². The Bertz CT molecular complexity index is 975. The normalized spacial score (nSPS) is 28.1.